The molecule has 0 radical (unpaired) electrons. The molecule has 0 fully saturated rings. The number of rotatable bonds is 3. The number of hydrogen-bond acceptors (Lipinski definition) is 3. The van der Waals surface area contributed by atoms with Gasteiger partial charge in [-0.25, -0.2) is 8.78 Å². The normalized spacial score (nSPS) is 18.6. The van der Waals surface area contributed by atoms with Gasteiger partial charge in [-0.1, -0.05) is 13.0 Å². The van der Waals surface area contributed by atoms with Gasteiger partial charge in [0.15, 0.2) is 0 Å². The fourth-order valence-electron chi connectivity index (χ4n) is 4.95. The number of anilines is 2. The number of halogens is 2. The van der Waals surface area contributed by atoms with Crippen LogP contribution in [0.25, 0.3) is 11.1 Å². The summed E-state index contributed by atoms with van der Waals surface area (Å²) in [5, 5.41) is 7.71. The van der Waals surface area contributed by atoms with E-state index in [0.717, 1.165) is 61.4 Å². The van der Waals surface area contributed by atoms with E-state index in [4.69, 9.17) is 0 Å². The predicted octanol–water partition coefficient (Wildman–Crippen LogP) is 5.39. The van der Waals surface area contributed by atoms with E-state index in [9.17, 15) is 8.78 Å². The summed E-state index contributed by atoms with van der Waals surface area (Å²) in [5.74, 6) is 0.613. The van der Waals surface area contributed by atoms with Crippen LogP contribution in [0.4, 0.5) is 20.2 Å². The minimum Gasteiger partial charge on any atom is -0.341 e. The zero-order chi connectivity index (χ0) is 21.5. The lowest BCUT2D eigenvalue weighted by Crippen LogP contribution is -2.25. The van der Waals surface area contributed by atoms with Gasteiger partial charge >= 0.3 is 0 Å². The van der Waals surface area contributed by atoms with Crippen molar-refractivity contribution in [1.82, 2.24) is 15.1 Å². The Balaban J connectivity index is 1.57. The van der Waals surface area contributed by atoms with Crippen molar-refractivity contribution in [3.05, 3.63) is 65.0 Å². The van der Waals surface area contributed by atoms with Gasteiger partial charge in [0, 0.05) is 48.8 Å². The lowest BCUT2D eigenvalue weighted by Gasteiger charge is -2.33. The topological polar surface area (TPSA) is 33.1 Å². The first-order chi connectivity index (χ1) is 15.0. The molecular formula is C25H28F2N4. The SMILES string of the molecule is CC1CNCc2cc(N3CCCc4cc(-c5cnn(C)c5)c(C(F)F)cc43)ccc2C1. The first kappa shape index (κ1) is 20.2. The zero-order valence-electron chi connectivity index (χ0n) is 18.0. The van der Waals surface area contributed by atoms with Gasteiger partial charge in [-0.05, 0) is 78.2 Å². The van der Waals surface area contributed by atoms with Crippen molar-refractivity contribution in [1.29, 1.82) is 0 Å². The molecule has 0 saturated carbocycles. The standard InChI is InChI=1S/C25H28F2N4/c1-16-8-17-5-6-21(9-19(17)13-28-12-16)31-7-3-4-18-10-22(20-14-29-30(2)15-20)23(25(26)27)11-24(18)31/h5-6,9-11,14-16,25,28H,3-4,7-8,12-13H2,1-2H3. The van der Waals surface area contributed by atoms with E-state index in [-0.39, 0.29) is 5.56 Å². The zero-order valence-corrected chi connectivity index (χ0v) is 18.0. The smallest absolute Gasteiger partial charge is 0.264 e. The molecule has 0 saturated heterocycles. The van der Waals surface area contributed by atoms with Crippen molar-refractivity contribution in [2.45, 2.75) is 39.2 Å². The molecule has 2 aromatic carbocycles. The summed E-state index contributed by atoms with van der Waals surface area (Å²) >= 11 is 0. The number of benzene rings is 2. The van der Waals surface area contributed by atoms with Crippen LogP contribution in [0, 0.1) is 5.92 Å². The van der Waals surface area contributed by atoms with Crippen molar-refractivity contribution in [2.75, 3.05) is 18.0 Å². The van der Waals surface area contributed by atoms with Crippen LogP contribution in [-0.4, -0.2) is 22.9 Å². The third-order valence-electron chi connectivity index (χ3n) is 6.50. The van der Waals surface area contributed by atoms with E-state index < -0.39 is 6.43 Å². The maximum atomic E-state index is 14.1. The summed E-state index contributed by atoms with van der Waals surface area (Å²) in [7, 11) is 1.81. The van der Waals surface area contributed by atoms with Crippen LogP contribution >= 0.6 is 0 Å². The first-order valence-corrected chi connectivity index (χ1v) is 11.0. The summed E-state index contributed by atoms with van der Waals surface area (Å²) in [6.07, 6.45) is 3.89. The molecule has 5 rings (SSSR count). The van der Waals surface area contributed by atoms with Gasteiger partial charge in [-0.2, -0.15) is 5.10 Å². The minimum atomic E-state index is -2.54. The molecule has 0 bridgehead atoms. The molecule has 0 amide bonds. The van der Waals surface area contributed by atoms with E-state index in [2.05, 4.69) is 40.4 Å². The van der Waals surface area contributed by atoms with E-state index >= 15 is 0 Å². The number of alkyl halides is 2. The van der Waals surface area contributed by atoms with Crippen molar-refractivity contribution in [2.24, 2.45) is 13.0 Å². The molecule has 2 aliphatic heterocycles. The van der Waals surface area contributed by atoms with Crippen LogP contribution in [0.1, 0.15) is 42.0 Å². The highest BCUT2D eigenvalue weighted by molar-refractivity contribution is 5.77. The number of fused-ring (bicyclic) bond motifs is 2. The van der Waals surface area contributed by atoms with Crippen molar-refractivity contribution in [3.8, 4) is 11.1 Å². The number of hydrogen-bond donors (Lipinski definition) is 1. The minimum absolute atomic E-state index is 0.0731. The van der Waals surface area contributed by atoms with Crippen LogP contribution in [-0.2, 0) is 26.4 Å². The number of aryl methyl sites for hydroxylation is 2. The summed E-state index contributed by atoms with van der Waals surface area (Å²) in [6, 6.07) is 10.3. The Bertz CT molecular complexity index is 1100. The molecule has 0 aliphatic carbocycles. The van der Waals surface area contributed by atoms with Gasteiger partial charge in [0.05, 0.1) is 6.20 Å². The Morgan fingerprint density at radius 2 is 2.00 bits per heavy atom. The Morgan fingerprint density at radius 1 is 1.13 bits per heavy atom. The molecule has 1 N–H and O–H groups in total. The van der Waals surface area contributed by atoms with Gasteiger partial charge in [0.1, 0.15) is 0 Å². The van der Waals surface area contributed by atoms with Crippen molar-refractivity contribution < 1.29 is 8.78 Å². The highest BCUT2D eigenvalue weighted by Crippen LogP contribution is 2.41. The predicted molar refractivity (Wildman–Crippen MR) is 120 cm³/mol. The Labute approximate surface area is 181 Å². The molecule has 31 heavy (non-hydrogen) atoms. The third-order valence-corrected chi connectivity index (χ3v) is 6.50. The fraction of sp³-hybridized carbons (Fsp3) is 0.400. The Morgan fingerprint density at radius 3 is 2.77 bits per heavy atom. The first-order valence-electron chi connectivity index (χ1n) is 11.0. The van der Waals surface area contributed by atoms with Gasteiger partial charge in [0.25, 0.3) is 6.43 Å². The molecule has 1 aromatic heterocycles. The maximum absolute atomic E-state index is 14.1. The van der Waals surface area contributed by atoms with E-state index in [1.165, 1.54) is 11.1 Å². The Kier molecular flexibility index (Phi) is 5.26. The van der Waals surface area contributed by atoms with Gasteiger partial charge in [-0.15, -0.1) is 0 Å². The molecule has 3 aromatic rings. The summed E-state index contributed by atoms with van der Waals surface area (Å²) < 4.78 is 29.8. The van der Waals surface area contributed by atoms with E-state index in [0.29, 0.717) is 11.5 Å². The average Bonchev–Trinajstić information content (AvgIpc) is 3.10. The summed E-state index contributed by atoms with van der Waals surface area (Å²) in [6.45, 7) is 4.98. The molecule has 162 valence electrons. The molecule has 3 heterocycles. The third kappa shape index (κ3) is 3.85. The van der Waals surface area contributed by atoms with Crippen molar-refractivity contribution in [3.63, 3.8) is 0 Å². The highest BCUT2D eigenvalue weighted by Gasteiger charge is 2.25. The second kappa shape index (κ2) is 8.08. The average molecular weight is 423 g/mol. The van der Waals surface area contributed by atoms with Crippen LogP contribution in [0.5, 0.6) is 0 Å². The second-order valence-electron chi connectivity index (χ2n) is 8.92. The van der Waals surface area contributed by atoms with E-state index in [1.807, 2.05) is 6.07 Å². The number of aromatic nitrogens is 2. The van der Waals surface area contributed by atoms with Crippen molar-refractivity contribution >= 4 is 11.4 Å². The van der Waals surface area contributed by atoms with Crippen LogP contribution in [0.15, 0.2) is 42.7 Å². The van der Waals surface area contributed by atoms with Crippen LogP contribution < -0.4 is 10.2 Å². The van der Waals surface area contributed by atoms with Gasteiger partial charge in [0.2, 0.25) is 0 Å². The largest absolute Gasteiger partial charge is 0.341 e. The second-order valence-corrected chi connectivity index (χ2v) is 8.92. The molecule has 6 heteroatoms. The Hall–Kier alpha value is -2.73. The molecule has 0 spiro atoms. The molecule has 1 unspecified atom stereocenters. The lowest BCUT2D eigenvalue weighted by atomic mass is 9.92. The quantitative estimate of drug-likeness (QED) is 0.614. The van der Waals surface area contributed by atoms with Crippen LogP contribution in [0.2, 0.25) is 0 Å². The number of nitrogens with zero attached hydrogens (tertiary/aromatic N) is 3. The fourth-order valence-corrected chi connectivity index (χ4v) is 4.95. The highest BCUT2D eigenvalue weighted by atomic mass is 19.3. The maximum Gasteiger partial charge on any atom is 0.264 e. The van der Waals surface area contributed by atoms with E-state index in [1.54, 1.807) is 30.2 Å². The monoisotopic (exact) mass is 422 g/mol. The van der Waals surface area contributed by atoms with Crippen LogP contribution in [0.3, 0.4) is 0 Å². The molecule has 4 nitrogen and oxygen atoms in total. The summed E-state index contributed by atoms with van der Waals surface area (Å²) in [4.78, 5) is 2.21. The summed E-state index contributed by atoms with van der Waals surface area (Å²) in [5.41, 5.74) is 7.22. The number of nitrogens with one attached hydrogen (secondary N) is 1. The molecule has 2 aliphatic rings. The molecular weight excluding hydrogens is 394 g/mol. The lowest BCUT2D eigenvalue weighted by molar-refractivity contribution is 0.152. The molecule has 1 atom stereocenters. The van der Waals surface area contributed by atoms with Gasteiger partial charge < -0.3 is 10.2 Å². The van der Waals surface area contributed by atoms with Gasteiger partial charge in [-0.3, -0.25) is 4.68 Å².